The van der Waals surface area contributed by atoms with Crippen molar-refractivity contribution >= 4 is 11.6 Å². The SMILES string of the molecule is Cc1cc(-c2ccc(F)cc2)nc2cc(C(=O)N(C)Cc3ccccc3)nn12. The van der Waals surface area contributed by atoms with Crippen LogP contribution in [0, 0.1) is 12.7 Å². The molecule has 6 heteroatoms. The highest BCUT2D eigenvalue weighted by Gasteiger charge is 2.18. The lowest BCUT2D eigenvalue weighted by atomic mass is 10.1. The number of nitrogens with zero attached hydrogens (tertiary/aromatic N) is 4. The fourth-order valence-corrected chi connectivity index (χ4v) is 3.12. The number of aromatic nitrogens is 3. The molecule has 0 unspecified atom stereocenters. The zero-order chi connectivity index (χ0) is 19.7. The molecule has 2 aromatic heterocycles. The van der Waals surface area contributed by atoms with Gasteiger partial charge >= 0.3 is 0 Å². The smallest absolute Gasteiger partial charge is 0.274 e. The summed E-state index contributed by atoms with van der Waals surface area (Å²) in [6, 6.07) is 19.5. The number of hydrogen-bond acceptors (Lipinski definition) is 3. The highest BCUT2D eigenvalue weighted by molar-refractivity contribution is 5.93. The number of rotatable bonds is 4. The maximum atomic E-state index is 13.2. The van der Waals surface area contributed by atoms with E-state index in [-0.39, 0.29) is 11.7 Å². The van der Waals surface area contributed by atoms with Gasteiger partial charge in [-0.25, -0.2) is 13.9 Å². The Labute approximate surface area is 162 Å². The first-order chi connectivity index (χ1) is 13.5. The van der Waals surface area contributed by atoms with Crippen molar-refractivity contribution in [1.82, 2.24) is 19.5 Å². The van der Waals surface area contributed by atoms with E-state index in [9.17, 15) is 9.18 Å². The molecule has 0 aliphatic carbocycles. The topological polar surface area (TPSA) is 50.5 Å². The molecular formula is C22H19FN4O. The monoisotopic (exact) mass is 374 g/mol. The van der Waals surface area contributed by atoms with Crippen molar-refractivity contribution in [2.75, 3.05) is 7.05 Å². The molecule has 0 saturated heterocycles. The minimum Gasteiger partial charge on any atom is -0.336 e. The third kappa shape index (κ3) is 3.49. The molecule has 0 N–H and O–H groups in total. The molecule has 2 heterocycles. The van der Waals surface area contributed by atoms with Gasteiger partial charge in [0.25, 0.3) is 5.91 Å². The van der Waals surface area contributed by atoms with Crippen molar-refractivity contribution in [3.05, 3.63) is 89.5 Å². The minimum atomic E-state index is -0.291. The van der Waals surface area contributed by atoms with Gasteiger partial charge in [0.05, 0.1) is 5.69 Å². The van der Waals surface area contributed by atoms with E-state index >= 15 is 0 Å². The second-order valence-corrected chi connectivity index (χ2v) is 6.74. The number of halogens is 1. The predicted octanol–water partition coefficient (Wildman–Crippen LogP) is 4.12. The van der Waals surface area contributed by atoms with Gasteiger partial charge in [-0.15, -0.1) is 0 Å². The maximum Gasteiger partial charge on any atom is 0.274 e. The molecular weight excluding hydrogens is 355 g/mol. The van der Waals surface area contributed by atoms with Gasteiger partial charge in [-0.1, -0.05) is 30.3 Å². The van der Waals surface area contributed by atoms with E-state index in [1.54, 1.807) is 34.7 Å². The van der Waals surface area contributed by atoms with Crippen LogP contribution < -0.4 is 0 Å². The fraction of sp³-hybridized carbons (Fsp3) is 0.136. The van der Waals surface area contributed by atoms with Gasteiger partial charge in [-0.05, 0) is 42.8 Å². The van der Waals surface area contributed by atoms with Crippen molar-refractivity contribution in [3.8, 4) is 11.3 Å². The van der Waals surface area contributed by atoms with Gasteiger partial charge in [-0.3, -0.25) is 4.79 Å². The average Bonchev–Trinajstić information content (AvgIpc) is 3.13. The lowest BCUT2D eigenvalue weighted by Gasteiger charge is -2.15. The molecule has 0 atom stereocenters. The van der Waals surface area contributed by atoms with Crippen LogP contribution in [0.1, 0.15) is 21.7 Å². The van der Waals surface area contributed by atoms with Crippen LogP contribution in [0.25, 0.3) is 16.9 Å². The van der Waals surface area contributed by atoms with Gasteiger partial charge in [0.2, 0.25) is 0 Å². The summed E-state index contributed by atoms with van der Waals surface area (Å²) < 4.78 is 14.8. The molecule has 140 valence electrons. The Balaban J connectivity index is 1.64. The number of amides is 1. The van der Waals surface area contributed by atoms with E-state index in [0.717, 1.165) is 16.8 Å². The normalized spacial score (nSPS) is 11.0. The largest absolute Gasteiger partial charge is 0.336 e. The number of carbonyl (C=O) groups excluding carboxylic acids is 1. The van der Waals surface area contributed by atoms with Gasteiger partial charge in [-0.2, -0.15) is 5.10 Å². The lowest BCUT2D eigenvalue weighted by Crippen LogP contribution is -2.26. The molecule has 4 aromatic rings. The molecule has 4 rings (SSSR count). The molecule has 0 spiro atoms. The first-order valence-corrected chi connectivity index (χ1v) is 8.94. The Morgan fingerprint density at radius 2 is 1.79 bits per heavy atom. The standard InChI is InChI=1S/C22H19FN4O/c1-15-12-19(17-8-10-18(23)11-9-17)24-21-13-20(25-27(15)21)22(28)26(2)14-16-6-4-3-5-7-16/h3-13H,14H2,1-2H3. The van der Waals surface area contributed by atoms with Crippen molar-refractivity contribution in [2.45, 2.75) is 13.5 Å². The van der Waals surface area contributed by atoms with Gasteiger partial charge in [0.1, 0.15) is 5.82 Å². The molecule has 1 amide bonds. The van der Waals surface area contributed by atoms with Crippen molar-refractivity contribution < 1.29 is 9.18 Å². The van der Waals surface area contributed by atoms with Crippen LogP contribution in [0.5, 0.6) is 0 Å². The Hall–Kier alpha value is -3.54. The van der Waals surface area contributed by atoms with E-state index in [1.165, 1.54) is 12.1 Å². The van der Waals surface area contributed by atoms with Crippen LogP contribution in [0.2, 0.25) is 0 Å². The highest BCUT2D eigenvalue weighted by Crippen LogP contribution is 2.21. The van der Waals surface area contributed by atoms with Crippen LogP contribution >= 0.6 is 0 Å². The van der Waals surface area contributed by atoms with Crippen LogP contribution in [-0.2, 0) is 6.54 Å². The van der Waals surface area contributed by atoms with Crippen LogP contribution in [0.4, 0.5) is 4.39 Å². The zero-order valence-corrected chi connectivity index (χ0v) is 15.6. The Kier molecular flexibility index (Phi) is 4.61. The Morgan fingerprint density at radius 1 is 1.07 bits per heavy atom. The summed E-state index contributed by atoms with van der Waals surface area (Å²) in [7, 11) is 1.75. The summed E-state index contributed by atoms with van der Waals surface area (Å²) in [6.07, 6.45) is 0. The zero-order valence-electron chi connectivity index (χ0n) is 15.6. The van der Waals surface area contributed by atoms with Crippen LogP contribution in [0.15, 0.2) is 66.7 Å². The summed E-state index contributed by atoms with van der Waals surface area (Å²) in [5.41, 5.74) is 4.33. The van der Waals surface area contributed by atoms with E-state index in [4.69, 9.17) is 0 Å². The van der Waals surface area contributed by atoms with E-state index < -0.39 is 0 Å². The second-order valence-electron chi connectivity index (χ2n) is 6.74. The molecule has 0 aliphatic rings. The molecule has 2 aromatic carbocycles. The van der Waals surface area contributed by atoms with E-state index in [0.29, 0.717) is 23.6 Å². The molecule has 5 nitrogen and oxygen atoms in total. The van der Waals surface area contributed by atoms with Crippen LogP contribution in [-0.4, -0.2) is 32.5 Å². The highest BCUT2D eigenvalue weighted by atomic mass is 19.1. The third-order valence-electron chi connectivity index (χ3n) is 4.57. The molecule has 0 radical (unpaired) electrons. The van der Waals surface area contributed by atoms with E-state index in [2.05, 4.69) is 10.1 Å². The number of carbonyl (C=O) groups is 1. The summed E-state index contributed by atoms with van der Waals surface area (Å²) in [5.74, 6) is -0.461. The molecule has 0 saturated carbocycles. The van der Waals surface area contributed by atoms with Crippen molar-refractivity contribution in [2.24, 2.45) is 0 Å². The van der Waals surface area contributed by atoms with Crippen molar-refractivity contribution in [1.29, 1.82) is 0 Å². The Bertz CT molecular complexity index is 1140. The summed E-state index contributed by atoms with van der Waals surface area (Å²) in [5, 5.41) is 4.43. The molecule has 0 aliphatic heterocycles. The first kappa shape index (κ1) is 17.9. The van der Waals surface area contributed by atoms with E-state index in [1.807, 2.05) is 43.3 Å². The summed E-state index contributed by atoms with van der Waals surface area (Å²) >= 11 is 0. The minimum absolute atomic E-state index is 0.169. The van der Waals surface area contributed by atoms with Crippen LogP contribution in [0.3, 0.4) is 0 Å². The van der Waals surface area contributed by atoms with Gasteiger partial charge < -0.3 is 4.90 Å². The second kappa shape index (κ2) is 7.23. The third-order valence-corrected chi connectivity index (χ3v) is 4.57. The Morgan fingerprint density at radius 3 is 2.50 bits per heavy atom. The number of benzene rings is 2. The molecule has 28 heavy (non-hydrogen) atoms. The summed E-state index contributed by atoms with van der Waals surface area (Å²) in [4.78, 5) is 19.0. The molecule has 0 bridgehead atoms. The summed E-state index contributed by atoms with van der Waals surface area (Å²) in [6.45, 7) is 2.40. The molecule has 0 fully saturated rings. The van der Waals surface area contributed by atoms with Crippen molar-refractivity contribution in [3.63, 3.8) is 0 Å². The predicted molar refractivity (Wildman–Crippen MR) is 105 cm³/mol. The lowest BCUT2D eigenvalue weighted by molar-refractivity contribution is 0.0779. The van der Waals surface area contributed by atoms with Gasteiger partial charge in [0, 0.05) is 30.9 Å². The number of fused-ring (bicyclic) bond motifs is 1. The van der Waals surface area contributed by atoms with Gasteiger partial charge in [0.15, 0.2) is 11.3 Å². The number of hydrogen-bond donors (Lipinski definition) is 0. The fourth-order valence-electron chi connectivity index (χ4n) is 3.12. The quantitative estimate of drug-likeness (QED) is 0.540. The first-order valence-electron chi connectivity index (χ1n) is 8.94. The number of aryl methyl sites for hydroxylation is 1. The average molecular weight is 374 g/mol. The maximum absolute atomic E-state index is 13.2.